The molecule has 3 N–H and O–H groups in total. The highest BCUT2D eigenvalue weighted by Gasteiger charge is 2.08. The highest BCUT2D eigenvalue weighted by atomic mass is 16.2. The van der Waals surface area contributed by atoms with Crippen LogP contribution >= 0.6 is 0 Å². The van der Waals surface area contributed by atoms with Gasteiger partial charge in [-0.3, -0.25) is 9.78 Å². The number of aromatic nitrogens is 2. The molecule has 0 aliphatic rings. The Labute approximate surface area is 101 Å². The molecule has 0 saturated heterocycles. The first-order chi connectivity index (χ1) is 8.17. The van der Waals surface area contributed by atoms with Crippen LogP contribution in [0.25, 0.3) is 0 Å². The van der Waals surface area contributed by atoms with Gasteiger partial charge in [0, 0.05) is 26.1 Å². The number of carbonyl (C=O) groups excluding carboxylic acids is 1. The molecular formula is C11H19N5O. The molecule has 0 fully saturated rings. The summed E-state index contributed by atoms with van der Waals surface area (Å²) in [5.74, 6) is 1.10. The standard InChI is InChI=1S/C11H19N5O/c1-3-16(4-2)11(17)5-6-14-10-8-13-7-9(12)15-10/h7-8H,3-6H2,1-2H3,(H3,12,14,15). The van der Waals surface area contributed by atoms with E-state index in [0.717, 1.165) is 13.1 Å². The number of nitrogens with one attached hydrogen (secondary N) is 1. The van der Waals surface area contributed by atoms with Crippen LogP contribution in [0.1, 0.15) is 20.3 Å². The molecule has 1 aromatic heterocycles. The second kappa shape index (κ2) is 6.67. The number of amides is 1. The molecule has 0 unspecified atom stereocenters. The van der Waals surface area contributed by atoms with E-state index in [2.05, 4.69) is 15.3 Å². The van der Waals surface area contributed by atoms with Crippen LogP contribution in [0, 0.1) is 0 Å². The molecule has 6 nitrogen and oxygen atoms in total. The zero-order valence-corrected chi connectivity index (χ0v) is 10.3. The quantitative estimate of drug-likeness (QED) is 0.762. The Morgan fingerprint density at radius 2 is 2.12 bits per heavy atom. The second-order valence-corrected chi connectivity index (χ2v) is 3.57. The summed E-state index contributed by atoms with van der Waals surface area (Å²) in [4.78, 5) is 21.4. The van der Waals surface area contributed by atoms with E-state index in [1.54, 1.807) is 11.1 Å². The van der Waals surface area contributed by atoms with Crippen LogP contribution in [0.4, 0.5) is 11.6 Å². The Morgan fingerprint density at radius 3 is 2.71 bits per heavy atom. The Balaban J connectivity index is 2.35. The van der Waals surface area contributed by atoms with Crippen molar-refractivity contribution >= 4 is 17.5 Å². The summed E-state index contributed by atoms with van der Waals surface area (Å²) in [6, 6.07) is 0. The molecule has 0 saturated carbocycles. The number of hydrogen-bond acceptors (Lipinski definition) is 5. The van der Waals surface area contributed by atoms with Crippen LogP contribution < -0.4 is 11.1 Å². The van der Waals surface area contributed by atoms with E-state index in [-0.39, 0.29) is 5.91 Å². The minimum Gasteiger partial charge on any atom is -0.382 e. The summed E-state index contributed by atoms with van der Waals surface area (Å²) in [7, 11) is 0. The fourth-order valence-electron chi connectivity index (χ4n) is 1.50. The zero-order chi connectivity index (χ0) is 12.7. The highest BCUT2D eigenvalue weighted by Crippen LogP contribution is 2.03. The Hall–Kier alpha value is -1.85. The van der Waals surface area contributed by atoms with Gasteiger partial charge in [0.15, 0.2) is 0 Å². The van der Waals surface area contributed by atoms with Crippen molar-refractivity contribution in [3.8, 4) is 0 Å². The zero-order valence-electron chi connectivity index (χ0n) is 10.3. The average molecular weight is 237 g/mol. The van der Waals surface area contributed by atoms with Crippen LogP contribution in [0.2, 0.25) is 0 Å². The third-order valence-corrected chi connectivity index (χ3v) is 2.41. The van der Waals surface area contributed by atoms with Crippen molar-refractivity contribution in [1.29, 1.82) is 0 Å². The first-order valence-corrected chi connectivity index (χ1v) is 5.76. The molecule has 0 aliphatic carbocycles. The van der Waals surface area contributed by atoms with E-state index in [1.807, 2.05) is 13.8 Å². The molecule has 94 valence electrons. The molecular weight excluding hydrogens is 218 g/mol. The van der Waals surface area contributed by atoms with E-state index in [9.17, 15) is 4.79 Å². The first kappa shape index (κ1) is 13.2. The average Bonchev–Trinajstić information content (AvgIpc) is 2.30. The molecule has 6 heteroatoms. The first-order valence-electron chi connectivity index (χ1n) is 5.76. The molecule has 0 spiro atoms. The Kier molecular flexibility index (Phi) is 5.19. The van der Waals surface area contributed by atoms with Crippen LogP contribution in [-0.2, 0) is 4.79 Å². The summed E-state index contributed by atoms with van der Waals surface area (Å²) in [5.41, 5.74) is 5.49. The number of anilines is 2. The van der Waals surface area contributed by atoms with E-state index >= 15 is 0 Å². The third kappa shape index (κ3) is 4.26. The fourth-order valence-corrected chi connectivity index (χ4v) is 1.50. The largest absolute Gasteiger partial charge is 0.382 e. The summed E-state index contributed by atoms with van der Waals surface area (Å²) in [6.07, 6.45) is 3.50. The van der Waals surface area contributed by atoms with Crippen molar-refractivity contribution in [3.05, 3.63) is 12.4 Å². The lowest BCUT2D eigenvalue weighted by molar-refractivity contribution is -0.130. The maximum absolute atomic E-state index is 11.7. The minimum atomic E-state index is 0.138. The highest BCUT2D eigenvalue weighted by molar-refractivity contribution is 5.76. The van der Waals surface area contributed by atoms with Gasteiger partial charge in [0.25, 0.3) is 0 Å². The molecule has 17 heavy (non-hydrogen) atoms. The summed E-state index contributed by atoms with van der Waals surface area (Å²) in [5, 5.41) is 3.02. The number of rotatable bonds is 6. The van der Waals surface area contributed by atoms with Crippen molar-refractivity contribution in [3.63, 3.8) is 0 Å². The molecule has 1 aromatic rings. The summed E-state index contributed by atoms with van der Waals surface area (Å²) in [6.45, 7) is 5.96. The van der Waals surface area contributed by atoms with Crippen LogP contribution in [-0.4, -0.2) is 40.4 Å². The van der Waals surface area contributed by atoms with Crippen molar-refractivity contribution < 1.29 is 4.79 Å². The summed E-state index contributed by atoms with van der Waals surface area (Å²) < 4.78 is 0. The van der Waals surface area contributed by atoms with E-state index < -0.39 is 0 Å². The molecule has 0 bridgehead atoms. The Morgan fingerprint density at radius 1 is 1.41 bits per heavy atom. The van der Waals surface area contributed by atoms with Gasteiger partial charge in [0.05, 0.1) is 12.4 Å². The molecule has 0 aliphatic heterocycles. The molecule has 0 radical (unpaired) electrons. The molecule has 1 heterocycles. The van der Waals surface area contributed by atoms with Gasteiger partial charge in [0.1, 0.15) is 11.6 Å². The minimum absolute atomic E-state index is 0.138. The lowest BCUT2D eigenvalue weighted by Gasteiger charge is -2.18. The van der Waals surface area contributed by atoms with Crippen molar-refractivity contribution in [2.45, 2.75) is 20.3 Å². The predicted octanol–water partition coefficient (Wildman–Crippen LogP) is 0.729. The topological polar surface area (TPSA) is 84.1 Å². The molecule has 1 amide bonds. The van der Waals surface area contributed by atoms with Crippen molar-refractivity contribution in [2.24, 2.45) is 0 Å². The van der Waals surface area contributed by atoms with Crippen LogP contribution in [0.5, 0.6) is 0 Å². The normalized spacial score (nSPS) is 10.0. The van der Waals surface area contributed by atoms with Gasteiger partial charge < -0.3 is 16.0 Å². The van der Waals surface area contributed by atoms with Gasteiger partial charge in [-0.25, -0.2) is 4.98 Å². The van der Waals surface area contributed by atoms with Gasteiger partial charge in [-0.2, -0.15) is 0 Å². The third-order valence-electron chi connectivity index (χ3n) is 2.41. The fraction of sp³-hybridized carbons (Fsp3) is 0.545. The number of nitrogens with zero attached hydrogens (tertiary/aromatic N) is 3. The Bertz CT molecular complexity index is 365. The lowest BCUT2D eigenvalue weighted by atomic mass is 10.3. The summed E-state index contributed by atoms with van der Waals surface area (Å²) >= 11 is 0. The molecule has 0 aromatic carbocycles. The van der Waals surface area contributed by atoms with Gasteiger partial charge >= 0.3 is 0 Å². The smallest absolute Gasteiger partial charge is 0.224 e. The monoisotopic (exact) mass is 237 g/mol. The van der Waals surface area contributed by atoms with Gasteiger partial charge in [-0.05, 0) is 13.8 Å². The number of nitrogen functional groups attached to an aromatic ring is 1. The maximum atomic E-state index is 11.7. The second-order valence-electron chi connectivity index (χ2n) is 3.57. The number of nitrogens with two attached hydrogens (primary N) is 1. The maximum Gasteiger partial charge on any atom is 0.224 e. The number of carbonyl (C=O) groups is 1. The van der Waals surface area contributed by atoms with E-state index in [1.165, 1.54) is 6.20 Å². The van der Waals surface area contributed by atoms with Gasteiger partial charge in [-0.15, -0.1) is 0 Å². The van der Waals surface area contributed by atoms with Crippen LogP contribution in [0.15, 0.2) is 12.4 Å². The van der Waals surface area contributed by atoms with E-state index in [4.69, 9.17) is 5.73 Å². The van der Waals surface area contributed by atoms with E-state index in [0.29, 0.717) is 24.6 Å². The number of hydrogen-bond donors (Lipinski definition) is 2. The van der Waals surface area contributed by atoms with Gasteiger partial charge in [0.2, 0.25) is 5.91 Å². The van der Waals surface area contributed by atoms with Crippen molar-refractivity contribution in [1.82, 2.24) is 14.9 Å². The van der Waals surface area contributed by atoms with Gasteiger partial charge in [-0.1, -0.05) is 0 Å². The SMILES string of the molecule is CCN(CC)C(=O)CCNc1cncc(N)n1. The molecule has 0 atom stereocenters. The van der Waals surface area contributed by atoms with Crippen LogP contribution in [0.3, 0.4) is 0 Å². The lowest BCUT2D eigenvalue weighted by Crippen LogP contribution is -2.31. The van der Waals surface area contributed by atoms with Crippen molar-refractivity contribution in [2.75, 3.05) is 30.7 Å². The predicted molar refractivity (Wildman–Crippen MR) is 67.5 cm³/mol. The molecule has 1 rings (SSSR count).